The average Bonchev–Trinajstić information content (AvgIpc) is 2.27. The molecule has 0 aliphatic rings. The molecule has 19 heavy (non-hydrogen) atoms. The van der Waals surface area contributed by atoms with Crippen LogP contribution in [0.25, 0.3) is 0 Å². The molecule has 5 nitrogen and oxygen atoms in total. The first-order valence-electron chi connectivity index (χ1n) is 6.35. The van der Waals surface area contributed by atoms with Crippen molar-refractivity contribution < 1.29 is 4.79 Å². The molecule has 0 saturated carbocycles. The van der Waals surface area contributed by atoms with Crippen LogP contribution in [0.3, 0.4) is 0 Å². The molecule has 0 N–H and O–H groups in total. The van der Waals surface area contributed by atoms with E-state index in [1.54, 1.807) is 25.1 Å². The number of halogens is 1. The van der Waals surface area contributed by atoms with Crippen LogP contribution in [0.2, 0.25) is 5.15 Å². The van der Waals surface area contributed by atoms with Crippen molar-refractivity contribution in [2.45, 2.75) is 26.8 Å². The molecule has 0 aliphatic carbocycles. The highest BCUT2D eigenvalue weighted by Gasteiger charge is 2.13. The van der Waals surface area contributed by atoms with E-state index in [0.29, 0.717) is 24.1 Å². The monoisotopic (exact) mass is 284 g/mol. The van der Waals surface area contributed by atoms with Crippen molar-refractivity contribution in [3.8, 4) is 0 Å². The summed E-state index contributed by atoms with van der Waals surface area (Å²) in [5.74, 6) is 0.734. The van der Waals surface area contributed by atoms with Crippen molar-refractivity contribution in [3.05, 3.63) is 22.7 Å². The molecule has 1 amide bonds. The van der Waals surface area contributed by atoms with Gasteiger partial charge in [-0.3, -0.25) is 9.69 Å². The number of hydrogen-bond acceptors (Lipinski definition) is 4. The Hall–Kier alpha value is -1.20. The zero-order valence-electron chi connectivity index (χ0n) is 12.0. The highest BCUT2D eigenvalue weighted by molar-refractivity contribution is 6.29. The van der Waals surface area contributed by atoms with Crippen LogP contribution in [-0.2, 0) is 11.3 Å². The van der Waals surface area contributed by atoms with Crippen LogP contribution in [0.15, 0.2) is 6.07 Å². The summed E-state index contributed by atoms with van der Waals surface area (Å²) in [5.41, 5.74) is 0.838. The van der Waals surface area contributed by atoms with Gasteiger partial charge < -0.3 is 4.90 Å². The molecule has 1 aromatic rings. The summed E-state index contributed by atoms with van der Waals surface area (Å²) in [7, 11) is 3.51. The maximum absolute atomic E-state index is 11.8. The SMILES string of the molecule is CCCN(CC(=O)N(C)C)Cc1nc(C)cc(Cl)n1. The van der Waals surface area contributed by atoms with Crippen LogP contribution in [0.1, 0.15) is 24.9 Å². The van der Waals surface area contributed by atoms with Crippen molar-refractivity contribution in [1.82, 2.24) is 19.8 Å². The molecule has 1 rings (SSSR count). The quantitative estimate of drug-likeness (QED) is 0.747. The van der Waals surface area contributed by atoms with Gasteiger partial charge in [0.15, 0.2) is 0 Å². The zero-order valence-corrected chi connectivity index (χ0v) is 12.7. The molecule has 0 aliphatic heterocycles. The minimum atomic E-state index is 0.0761. The van der Waals surface area contributed by atoms with Gasteiger partial charge in [-0.25, -0.2) is 9.97 Å². The van der Waals surface area contributed by atoms with Gasteiger partial charge in [0.25, 0.3) is 0 Å². The number of carbonyl (C=O) groups is 1. The van der Waals surface area contributed by atoms with E-state index in [1.165, 1.54) is 0 Å². The van der Waals surface area contributed by atoms with Crippen molar-refractivity contribution in [3.63, 3.8) is 0 Å². The molecular formula is C13H21ClN4O. The summed E-state index contributed by atoms with van der Waals surface area (Å²) in [6.07, 6.45) is 0.972. The van der Waals surface area contributed by atoms with E-state index in [2.05, 4.69) is 16.9 Å². The third kappa shape index (κ3) is 5.53. The van der Waals surface area contributed by atoms with Gasteiger partial charge in [-0.2, -0.15) is 0 Å². The molecule has 106 valence electrons. The van der Waals surface area contributed by atoms with Crippen LogP contribution < -0.4 is 0 Å². The first-order chi connectivity index (χ1) is 8.92. The third-order valence-corrected chi connectivity index (χ3v) is 2.83. The van der Waals surface area contributed by atoms with Gasteiger partial charge in [-0.05, 0) is 26.0 Å². The normalized spacial score (nSPS) is 10.8. The second-order valence-corrected chi connectivity index (χ2v) is 5.13. The average molecular weight is 285 g/mol. The van der Waals surface area contributed by atoms with Gasteiger partial charge >= 0.3 is 0 Å². The minimum absolute atomic E-state index is 0.0761. The van der Waals surface area contributed by atoms with Gasteiger partial charge in [0.2, 0.25) is 5.91 Å². The zero-order chi connectivity index (χ0) is 14.4. The van der Waals surface area contributed by atoms with E-state index in [0.717, 1.165) is 18.7 Å². The van der Waals surface area contributed by atoms with Crippen molar-refractivity contribution in [1.29, 1.82) is 0 Å². The molecule has 1 aromatic heterocycles. The highest BCUT2D eigenvalue weighted by atomic mass is 35.5. The van der Waals surface area contributed by atoms with Crippen molar-refractivity contribution in [2.24, 2.45) is 0 Å². The molecule has 0 atom stereocenters. The number of aryl methyl sites for hydroxylation is 1. The Labute approximate surface area is 119 Å². The second kappa shape index (κ2) is 7.40. The maximum Gasteiger partial charge on any atom is 0.236 e. The molecule has 0 spiro atoms. The van der Waals surface area contributed by atoms with E-state index in [1.807, 2.05) is 11.8 Å². The van der Waals surface area contributed by atoms with Gasteiger partial charge in [0, 0.05) is 19.8 Å². The van der Waals surface area contributed by atoms with Gasteiger partial charge in [-0.15, -0.1) is 0 Å². The lowest BCUT2D eigenvalue weighted by molar-refractivity contribution is -0.130. The van der Waals surface area contributed by atoms with E-state index < -0.39 is 0 Å². The lowest BCUT2D eigenvalue weighted by Crippen LogP contribution is -2.37. The van der Waals surface area contributed by atoms with Crippen LogP contribution in [-0.4, -0.2) is 52.9 Å². The maximum atomic E-state index is 11.8. The molecular weight excluding hydrogens is 264 g/mol. The van der Waals surface area contributed by atoms with Crippen LogP contribution in [0.5, 0.6) is 0 Å². The fourth-order valence-corrected chi connectivity index (χ4v) is 1.98. The minimum Gasteiger partial charge on any atom is -0.348 e. The number of hydrogen-bond donors (Lipinski definition) is 0. The van der Waals surface area contributed by atoms with E-state index in [4.69, 9.17) is 11.6 Å². The fourth-order valence-electron chi connectivity index (χ4n) is 1.72. The molecule has 0 radical (unpaired) electrons. The molecule has 0 bridgehead atoms. The summed E-state index contributed by atoms with van der Waals surface area (Å²) in [4.78, 5) is 23.9. The standard InChI is InChI=1S/C13H21ClN4O/c1-5-6-18(9-13(19)17(3)4)8-12-15-10(2)7-11(14)16-12/h7H,5-6,8-9H2,1-4H3. The lowest BCUT2D eigenvalue weighted by Gasteiger charge is -2.22. The smallest absolute Gasteiger partial charge is 0.236 e. The molecule has 6 heteroatoms. The summed E-state index contributed by atoms with van der Waals surface area (Å²) < 4.78 is 0. The second-order valence-electron chi connectivity index (χ2n) is 4.75. The Balaban J connectivity index is 2.74. The Morgan fingerprint density at radius 1 is 1.37 bits per heavy atom. The predicted octanol–water partition coefficient (Wildman–Crippen LogP) is 1.74. The third-order valence-electron chi connectivity index (χ3n) is 2.63. The molecule has 0 fully saturated rings. The van der Waals surface area contributed by atoms with E-state index in [-0.39, 0.29) is 5.91 Å². The van der Waals surface area contributed by atoms with Gasteiger partial charge in [0.1, 0.15) is 11.0 Å². The van der Waals surface area contributed by atoms with E-state index in [9.17, 15) is 4.79 Å². The Kier molecular flexibility index (Phi) is 6.18. The molecule has 0 saturated heterocycles. The largest absolute Gasteiger partial charge is 0.348 e. The summed E-state index contributed by atoms with van der Waals surface area (Å²) >= 11 is 5.92. The Morgan fingerprint density at radius 2 is 2.05 bits per heavy atom. The van der Waals surface area contributed by atoms with Crippen molar-refractivity contribution >= 4 is 17.5 Å². The molecule has 0 unspecified atom stereocenters. The Morgan fingerprint density at radius 3 is 2.58 bits per heavy atom. The first kappa shape index (κ1) is 15.9. The van der Waals surface area contributed by atoms with Gasteiger partial charge in [0.05, 0.1) is 13.1 Å². The van der Waals surface area contributed by atoms with Crippen LogP contribution >= 0.6 is 11.6 Å². The number of amides is 1. The Bertz CT molecular complexity index is 416. The van der Waals surface area contributed by atoms with E-state index >= 15 is 0 Å². The number of nitrogens with zero attached hydrogens (tertiary/aromatic N) is 4. The predicted molar refractivity (Wildman–Crippen MR) is 76.0 cm³/mol. The highest BCUT2D eigenvalue weighted by Crippen LogP contribution is 2.08. The topological polar surface area (TPSA) is 49.3 Å². The number of rotatable bonds is 6. The van der Waals surface area contributed by atoms with Crippen LogP contribution in [0, 0.1) is 6.92 Å². The number of aromatic nitrogens is 2. The number of carbonyl (C=O) groups excluding carboxylic acids is 1. The molecule has 0 aromatic carbocycles. The fraction of sp³-hybridized carbons (Fsp3) is 0.615. The number of likely N-dealkylation sites (N-methyl/N-ethyl adjacent to an activating group) is 1. The van der Waals surface area contributed by atoms with Gasteiger partial charge in [-0.1, -0.05) is 18.5 Å². The molecule has 1 heterocycles. The van der Waals surface area contributed by atoms with Crippen molar-refractivity contribution in [2.75, 3.05) is 27.2 Å². The summed E-state index contributed by atoms with van der Waals surface area (Å²) in [6, 6.07) is 1.72. The summed E-state index contributed by atoms with van der Waals surface area (Å²) in [5, 5.41) is 0.442. The first-order valence-corrected chi connectivity index (χ1v) is 6.72. The lowest BCUT2D eigenvalue weighted by atomic mass is 10.3. The van der Waals surface area contributed by atoms with Crippen LogP contribution in [0.4, 0.5) is 0 Å². The summed E-state index contributed by atoms with van der Waals surface area (Å²) in [6.45, 7) is 5.70.